The highest BCUT2D eigenvalue weighted by Crippen LogP contribution is 2.13. The molecule has 1 aromatic carbocycles. The van der Waals surface area contributed by atoms with Crippen molar-refractivity contribution in [2.24, 2.45) is 0 Å². The third-order valence-corrected chi connectivity index (χ3v) is 1.68. The van der Waals surface area contributed by atoms with Crippen molar-refractivity contribution < 1.29 is 14.6 Å². The fraction of sp³-hybridized carbons (Fsp3) is 0.182. The van der Waals surface area contributed by atoms with Gasteiger partial charge in [0.15, 0.2) is 0 Å². The molecule has 0 saturated carbocycles. The molecule has 0 aliphatic carbocycles. The van der Waals surface area contributed by atoms with Crippen LogP contribution >= 0.6 is 0 Å². The van der Waals surface area contributed by atoms with Gasteiger partial charge in [0.2, 0.25) is 0 Å². The van der Waals surface area contributed by atoms with Gasteiger partial charge in [-0.2, -0.15) is 0 Å². The van der Waals surface area contributed by atoms with Crippen LogP contribution < -0.4 is 0 Å². The minimum atomic E-state index is -0.982. The van der Waals surface area contributed by atoms with Gasteiger partial charge in [0.25, 0.3) is 0 Å². The lowest BCUT2D eigenvalue weighted by atomic mass is 10.1. The van der Waals surface area contributed by atoms with E-state index < -0.39 is 5.97 Å². The van der Waals surface area contributed by atoms with Crippen LogP contribution in [0.15, 0.2) is 36.6 Å². The molecule has 1 aromatic rings. The second kappa shape index (κ2) is 5.07. The number of hydrogen-bond acceptors (Lipinski definition) is 2. The Morgan fingerprint density at radius 1 is 1.43 bits per heavy atom. The number of hydrogen-bond donors (Lipinski definition) is 1. The Bertz CT molecular complexity index is 328. The zero-order valence-corrected chi connectivity index (χ0v) is 7.93. The van der Waals surface area contributed by atoms with Crippen molar-refractivity contribution in [3.8, 4) is 0 Å². The normalized spacial score (nSPS) is 11.1. The van der Waals surface area contributed by atoms with Crippen molar-refractivity contribution in [2.75, 3.05) is 6.61 Å². The Kier molecular flexibility index (Phi) is 3.73. The first-order valence-electron chi connectivity index (χ1n) is 4.36. The average molecular weight is 192 g/mol. The maximum atomic E-state index is 10.9. The maximum Gasteiger partial charge on any atom is 0.339 e. The van der Waals surface area contributed by atoms with Gasteiger partial charge >= 0.3 is 5.97 Å². The first-order valence-corrected chi connectivity index (χ1v) is 4.36. The van der Waals surface area contributed by atoms with Gasteiger partial charge in [0.1, 0.15) is 5.57 Å². The molecule has 0 atom stereocenters. The van der Waals surface area contributed by atoms with Crippen LogP contribution in [0.2, 0.25) is 0 Å². The topological polar surface area (TPSA) is 46.5 Å². The summed E-state index contributed by atoms with van der Waals surface area (Å²) >= 11 is 0. The van der Waals surface area contributed by atoms with E-state index in [2.05, 4.69) is 0 Å². The number of rotatable bonds is 4. The number of ether oxygens (including phenoxy) is 1. The number of carboxylic acids is 1. The molecule has 0 bridgehead atoms. The second-order valence-electron chi connectivity index (χ2n) is 2.66. The SMILES string of the molecule is CCO/C=C(/C(=O)O)c1ccccc1. The summed E-state index contributed by atoms with van der Waals surface area (Å²) in [6.45, 7) is 2.27. The van der Waals surface area contributed by atoms with E-state index in [1.54, 1.807) is 31.2 Å². The standard InChI is InChI=1S/C11H12O3/c1-2-14-8-10(11(12)13)9-6-4-3-5-7-9/h3-8H,2H2,1H3,(H,12,13)/b10-8+. The van der Waals surface area contributed by atoms with Crippen molar-refractivity contribution in [3.63, 3.8) is 0 Å². The second-order valence-corrected chi connectivity index (χ2v) is 2.66. The van der Waals surface area contributed by atoms with Gasteiger partial charge in [-0.25, -0.2) is 4.79 Å². The predicted molar refractivity (Wildman–Crippen MR) is 53.7 cm³/mol. The molecule has 3 nitrogen and oxygen atoms in total. The van der Waals surface area contributed by atoms with Gasteiger partial charge in [0.05, 0.1) is 12.9 Å². The zero-order chi connectivity index (χ0) is 10.4. The molecule has 0 fully saturated rings. The molecule has 3 heteroatoms. The molecule has 1 N–H and O–H groups in total. The van der Waals surface area contributed by atoms with E-state index in [4.69, 9.17) is 9.84 Å². The molecule has 0 aliphatic rings. The number of aliphatic carboxylic acids is 1. The minimum absolute atomic E-state index is 0.174. The van der Waals surface area contributed by atoms with Crippen LogP contribution in [0, 0.1) is 0 Å². The summed E-state index contributed by atoms with van der Waals surface area (Å²) in [5, 5.41) is 8.91. The molecule has 14 heavy (non-hydrogen) atoms. The van der Waals surface area contributed by atoms with E-state index in [-0.39, 0.29) is 5.57 Å². The lowest BCUT2D eigenvalue weighted by Gasteiger charge is -2.02. The van der Waals surface area contributed by atoms with Crippen LogP contribution in [0.5, 0.6) is 0 Å². The summed E-state index contributed by atoms with van der Waals surface area (Å²) in [5.41, 5.74) is 0.820. The van der Waals surface area contributed by atoms with E-state index in [0.717, 1.165) is 0 Å². The zero-order valence-electron chi connectivity index (χ0n) is 7.93. The lowest BCUT2D eigenvalue weighted by molar-refractivity contribution is -0.130. The fourth-order valence-corrected chi connectivity index (χ4v) is 1.03. The van der Waals surface area contributed by atoms with Gasteiger partial charge in [-0.05, 0) is 12.5 Å². The van der Waals surface area contributed by atoms with Crippen LogP contribution in [-0.4, -0.2) is 17.7 Å². The first kappa shape index (κ1) is 10.3. The number of carbonyl (C=O) groups is 1. The smallest absolute Gasteiger partial charge is 0.339 e. The van der Waals surface area contributed by atoms with Crippen LogP contribution in [0.4, 0.5) is 0 Å². The summed E-state index contributed by atoms with van der Waals surface area (Å²) in [5.74, 6) is -0.982. The molecule has 74 valence electrons. The summed E-state index contributed by atoms with van der Waals surface area (Å²) in [4.78, 5) is 10.9. The molecule has 0 aliphatic heterocycles. The molecular weight excluding hydrogens is 180 g/mol. The molecule has 0 unspecified atom stereocenters. The van der Waals surface area contributed by atoms with Crippen molar-refractivity contribution in [2.45, 2.75) is 6.92 Å². The van der Waals surface area contributed by atoms with Gasteiger partial charge in [-0.1, -0.05) is 30.3 Å². The summed E-state index contributed by atoms with van der Waals surface area (Å²) in [6, 6.07) is 8.89. The third kappa shape index (κ3) is 2.62. The van der Waals surface area contributed by atoms with Crippen molar-refractivity contribution in [1.82, 2.24) is 0 Å². The summed E-state index contributed by atoms with van der Waals surface area (Å²) in [7, 11) is 0. The monoisotopic (exact) mass is 192 g/mol. The third-order valence-electron chi connectivity index (χ3n) is 1.68. The molecule has 0 spiro atoms. The first-order chi connectivity index (χ1) is 6.75. The number of carboxylic acid groups (broad SMARTS) is 1. The van der Waals surface area contributed by atoms with E-state index in [9.17, 15) is 4.79 Å². The van der Waals surface area contributed by atoms with Gasteiger partial charge in [-0.15, -0.1) is 0 Å². The van der Waals surface area contributed by atoms with Gasteiger partial charge in [0, 0.05) is 0 Å². The lowest BCUT2D eigenvalue weighted by Crippen LogP contribution is -2.00. The van der Waals surface area contributed by atoms with Crippen molar-refractivity contribution >= 4 is 11.5 Å². The molecule has 0 saturated heterocycles. The Balaban J connectivity index is 2.95. The molecule has 1 rings (SSSR count). The predicted octanol–water partition coefficient (Wildman–Crippen LogP) is 2.15. The highest BCUT2D eigenvalue weighted by Gasteiger charge is 2.09. The van der Waals surface area contributed by atoms with Crippen LogP contribution in [-0.2, 0) is 9.53 Å². The summed E-state index contributed by atoms with van der Waals surface area (Å²) < 4.78 is 4.97. The minimum Gasteiger partial charge on any atom is -0.501 e. The largest absolute Gasteiger partial charge is 0.501 e. The highest BCUT2D eigenvalue weighted by molar-refractivity contribution is 6.14. The Hall–Kier alpha value is -1.77. The maximum absolute atomic E-state index is 10.9. The number of benzene rings is 1. The van der Waals surface area contributed by atoms with Crippen molar-refractivity contribution in [1.29, 1.82) is 0 Å². The van der Waals surface area contributed by atoms with Gasteiger partial charge < -0.3 is 9.84 Å². The molecule has 0 aromatic heterocycles. The molecule has 0 amide bonds. The van der Waals surface area contributed by atoms with E-state index in [1.807, 2.05) is 6.07 Å². The Morgan fingerprint density at radius 2 is 2.07 bits per heavy atom. The average Bonchev–Trinajstić information content (AvgIpc) is 2.19. The van der Waals surface area contributed by atoms with Crippen molar-refractivity contribution in [3.05, 3.63) is 42.2 Å². The quantitative estimate of drug-likeness (QED) is 0.587. The fourth-order valence-electron chi connectivity index (χ4n) is 1.03. The van der Waals surface area contributed by atoms with E-state index in [1.165, 1.54) is 6.26 Å². The van der Waals surface area contributed by atoms with E-state index >= 15 is 0 Å². The summed E-state index contributed by atoms with van der Waals surface area (Å²) in [6.07, 6.45) is 1.28. The Morgan fingerprint density at radius 3 is 2.57 bits per heavy atom. The molecule has 0 heterocycles. The van der Waals surface area contributed by atoms with Gasteiger partial charge in [-0.3, -0.25) is 0 Å². The van der Waals surface area contributed by atoms with Crippen LogP contribution in [0.25, 0.3) is 5.57 Å². The molecule has 0 radical (unpaired) electrons. The molecular formula is C11H12O3. The van der Waals surface area contributed by atoms with Crippen LogP contribution in [0.3, 0.4) is 0 Å². The Labute approximate surface area is 82.6 Å². The highest BCUT2D eigenvalue weighted by atomic mass is 16.5. The van der Waals surface area contributed by atoms with Crippen LogP contribution in [0.1, 0.15) is 12.5 Å². The van der Waals surface area contributed by atoms with E-state index in [0.29, 0.717) is 12.2 Å².